The van der Waals surface area contributed by atoms with E-state index in [9.17, 15) is 9.90 Å². The number of benzene rings is 2. The van der Waals surface area contributed by atoms with E-state index >= 15 is 0 Å². The number of hydrogen-bond acceptors (Lipinski definition) is 3. The summed E-state index contributed by atoms with van der Waals surface area (Å²) in [5.41, 5.74) is 3.68. The first-order valence-corrected chi connectivity index (χ1v) is 11.8. The van der Waals surface area contributed by atoms with Gasteiger partial charge in [-0.25, -0.2) is 0 Å². The minimum Gasteiger partial charge on any atom is -0.388 e. The summed E-state index contributed by atoms with van der Waals surface area (Å²) >= 11 is 6.48. The van der Waals surface area contributed by atoms with Crippen LogP contribution < -0.4 is 5.32 Å². The van der Waals surface area contributed by atoms with Crippen LogP contribution in [-0.2, 0) is 16.6 Å². The molecule has 0 aliphatic carbocycles. The summed E-state index contributed by atoms with van der Waals surface area (Å²) < 4.78 is 0. The van der Waals surface area contributed by atoms with Gasteiger partial charge in [0.05, 0.1) is 16.8 Å². The van der Waals surface area contributed by atoms with Crippen LogP contribution >= 0.6 is 11.6 Å². The van der Waals surface area contributed by atoms with Crippen LogP contribution in [0.15, 0.2) is 42.5 Å². The highest BCUT2D eigenvalue weighted by Crippen LogP contribution is 2.42. The fourth-order valence-electron chi connectivity index (χ4n) is 4.99. The molecule has 2 aromatic carbocycles. The Labute approximate surface area is 190 Å². The summed E-state index contributed by atoms with van der Waals surface area (Å²) in [7, 11) is 0. The van der Waals surface area contributed by atoms with Crippen LogP contribution in [0, 0.1) is 5.92 Å². The molecule has 166 valence electrons. The Bertz CT molecular complexity index is 921. The number of anilines is 1. The van der Waals surface area contributed by atoms with Gasteiger partial charge >= 0.3 is 0 Å². The average Bonchev–Trinajstić information content (AvgIpc) is 2.74. The van der Waals surface area contributed by atoms with Gasteiger partial charge in [0.15, 0.2) is 0 Å². The largest absolute Gasteiger partial charge is 0.388 e. The Kier molecular flexibility index (Phi) is 6.71. The van der Waals surface area contributed by atoms with Crippen molar-refractivity contribution in [2.45, 2.75) is 57.5 Å². The highest BCUT2D eigenvalue weighted by Gasteiger charge is 2.34. The molecule has 4 nitrogen and oxygen atoms in total. The zero-order chi connectivity index (χ0) is 22.0. The van der Waals surface area contributed by atoms with Crippen LogP contribution in [0.3, 0.4) is 0 Å². The van der Waals surface area contributed by atoms with Gasteiger partial charge < -0.3 is 15.3 Å². The normalized spacial score (nSPS) is 20.2. The third kappa shape index (κ3) is 5.31. The lowest BCUT2D eigenvalue weighted by Crippen LogP contribution is -2.35. The first kappa shape index (κ1) is 22.3. The van der Waals surface area contributed by atoms with E-state index in [-0.39, 0.29) is 11.3 Å². The van der Waals surface area contributed by atoms with Gasteiger partial charge in [0.25, 0.3) is 0 Å². The molecule has 1 fully saturated rings. The van der Waals surface area contributed by atoms with Crippen molar-refractivity contribution in [3.63, 3.8) is 0 Å². The van der Waals surface area contributed by atoms with E-state index in [1.807, 2.05) is 6.07 Å². The molecule has 0 radical (unpaired) electrons. The molecule has 1 unspecified atom stereocenters. The maximum Gasteiger partial charge on any atom is 0.225 e. The molecule has 5 heteroatoms. The van der Waals surface area contributed by atoms with Gasteiger partial charge in [0, 0.05) is 18.4 Å². The summed E-state index contributed by atoms with van der Waals surface area (Å²) in [5, 5.41) is 14.3. The maximum atomic E-state index is 12.0. The monoisotopic (exact) mass is 440 g/mol. The number of likely N-dealkylation sites (tertiary alicyclic amines) is 1. The number of aliphatic hydroxyl groups is 1. The van der Waals surface area contributed by atoms with Crippen molar-refractivity contribution in [1.29, 1.82) is 0 Å². The molecule has 2 aromatic rings. The van der Waals surface area contributed by atoms with Crippen molar-refractivity contribution in [1.82, 2.24) is 4.90 Å². The number of carbonyl (C=O) groups excluding carboxylic acids is 1. The minimum atomic E-state index is -0.557. The van der Waals surface area contributed by atoms with Crippen LogP contribution in [0.2, 0.25) is 5.02 Å². The van der Waals surface area contributed by atoms with E-state index in [1.54, 1.807) is 6.07 Å². The van der Waals surface area contributed by atoms with Gasteiger partial charge in [0.2, 0.25) is 5.91 Å². The van der Waals surface area contributed by atoms with E-state index < -0.39 is 6.10 Å². The summed E-state index contributed by atoms with van der Waals surface area (Å²) in [6.45, 7) is 7.17. The molecular weight excluding hydrogens is 408 g/mol. The molecule has 1 saturated heterocycles. The van der Waals surface area contributed by atoms with E-state index in [0.29, 0.717) is 23.6 Å². The fraction of sp³-hybridized carbons (Fsp3) is 0.500. The third-order valence-electron chi connectivity index (χ3n) is 6.89. The van der Waals surface area contributed by atoms with Gasteiger partial charge in [-0.1, -0.05) is 61.8 Å². The molecule has 1 atom stereocenters. The number of nitrogens with one attached hydrogen (secondary N) is 1. The molecule has 1 amide bonds. The van der Waals surface area contributed by atoms with Gasteiger partial charge in [-0.2, -0.15) is 0 Å². The SMILES string of the molecule is CC1(C)CC(=O)Nc2c(Cl)cc(C(O)CCN3CCC(Cc4ccccc4)CC3)cc21. The Hall–Kier alpha value is -1.88. The highest BCUT2D eigenvalue weighted by atomic mass is 35.5. The Morgan fingerprint density at radius 2 is 1.90 bits per heavy atom. The van der Waals surface area contributed by atoms with Crippen molar-refractivity contribution in [3.8, 4) is 0 Å². The second-order valence-corrected chi connectivity index (χ2v) is 10.2. The minimum absolute atomic E-state index is 0.0108. The first-order valence-electron chi connectivity index (χ1n) is 11.4. The molecule has 2 aliphatic rings. The molecular formula is C26H33ClN2O2. The Morgan fingerprint density at radius 1 is 1.19 bits per heavy atom. The smallest absolute Gasteiger partial charge is 0.225 e. The fourth-order valence-corrected chi connectivity index (χ4v) is 5.27. The van der Waals surface area contributed by atoms with Gasteiger partial charge in [-0.05, 0) is 67.4 Å². The second kappa shape index (κ2) is 9.32. The Balaban J connectivity index is 1.32. The van der Waals surface area contributed by atoms with Crippen molar-refractivity contribution in [3.05, 3.63) is 64.2 Å². The quantitative estimate of drug-likeness (QED) is 0.637. The van der Waals surface area contributed by atoms with E-state index in [4.69, 9.17) is 11.6 Å². The van der Waals surface area contributed by atoms with Gasteiger partial charge in [-0.3, -0.25) is 4.79 Å². The van der Waals surface area contributed by atoms with Crippen LogP contribution in [0.4, 0.5) is 5.69 Å². The number of fused-ring (bicyclic) bond motifs is 1. The van der Waals surface area contributed by atoms with E-state index in [1.165, 1.54) is 18.4 Å². The third-order valence-corrected chi connectivity index (χ3v) is 7.18. The van der Waals surface area contributed by atoms with Crippen LogP contribution in [0.5, 0.6) is 0 Å². The zero-order valence-corrected chi connectivity index (χ0v) is 19.3. The maximum absolute atomic E-state index is 12.0. The lowest BCUT2D eigenvalue weighted by atomic mass is 9.77. The van der Waals surface area contributed by atoms with E-state index in [2.05, 4.69) is 54.4 Å². The Morgan fingerprint density at radius 3 is 2.61 bits per heavy atom. The van der Waals surface area contributed by atoms with Crippen molar-refractivity contribution < 1.29 is 9.90 Å². The molecule has 0 spiro atoms. The standard InChI is InChI=1S/C26H33ClN2O2/c1-26(2)17-24(31)28-25-21(26)15-20(16-22(25)27)23(30)10-13-29-11-8-19(9-12-29)14-18-6-4-3-5-7-18/h3-7,15-16,19,23,30H,8-14,17H2,1-2H3,(H,28,31). The lowest BCUT2D eigenvalue weighted by molar-refractivity contribution is -0.117. The van der Waals surface area contributed by atoms with E-state index in [0.717, 1.165) is 43.1 Å². The molecule has 31 heavy (non-hydrogen) atoms. The number of amides is 1. The van der Waals surface area contributed by atoms with Crippen molar-refractivity contribution in [2.24, 2.45) is 5.92 Å². The molecule has 2 heterocycles. The summed E-state index contributed by atoms with van der Waals surface area (Å²) in [6.07, 6.45) is 4.14. The predicted octanol–water partition coefficient (Wildman–Crippen LogP) is 5.34. The topological polar surface area (TPSA) is 52.6 Å². The van der Waals surface area contributed by atoms with Gasteiger partial charge in [0.1, 0.15) is 0 Å². The summed E-state index contributed by atoms with van der Waals surface area (Å²) in [4.78, 5) is 14.5. The number of aliphatic hydroxyl groups excluding tert-OH is 1. The number of halogens is 1. The van der Waals surface area contributed by atoms with Crippen LogP contribution in [-0.4, -0.2) is 35.5 Å². The average molecular weight is 441 g/mol. The number of hydrogen-bond donors (Lipinski definition) is 2. The molecule has 0 bridgehead atoms. The van der Waals surface area contributed by atoms with Gasteiger partial charge in [-0.15, -0.1) is 0 Å². The first-order chi connectivity index (χ1) is 14.8. The molecule has 0 saturated carbocycles. The molecule has 2 N–H and O–H groups in total. The second-order valence-electron chi connectivity index (χ2n) is 9.81. The van der Waals surface area contributed by atoms with Crippen LogP contribution in [0.1, 0.15) is 62.3 Å². The summed E-state index contributed by atoms with van der Waals surface area (Å²) in [5.74, 6) is 0.740. The number of nitrogens with zero attached hydrogens (tertiary/aromatic N) is 1. The molecule has 0 aromatic heterocycles. The predicted molar refractivity (Wildman–Crippen MR) is 127 cm³/mol. The number of rotatable bonds is 6. The van der Waals surface area contributed by atoms with Crippen molar-refractivity contribution >= 4 is 23.2 Å². The molecule has 4 rings (SSSR count). The number of carbonyl (C=O) groups is 1. The number of piperidine rings is 1. The van der Waals surface area contributed by atoms with Crippen LogP contribution in [0.25, 0.3) is 0 Å². The van der Waals surface area contributed by atoms with Crippen molar-refractivity contribution in [2.75, 3.05) is 25.0 Å². The molecule has 2 aliphatic heterocycles. The summed E-state index contributed by atoms with van der Waals surface area (Å²) in [6, 6.07) is 14.6. The lowest BCUT2D eigenvalue weighted by Gasteiger charge is -2.34. The highest BCUT2D eigenvalue weighted by molar-refractivity contribution is 6.34. The zero-order valence-electron chi connectivity index (χ0n) is 18.5.